The molecule has 0 aliphatic heterocycles. The van der Waals surface area contributed by atoms with Gasteiger partial charge in [-0.3, -0.25) is 14.4 Å². The Bertz CT molecular complexity index is 735. The molecule has 2 rings (SSSR count). The Morgan fingerprint density at radius 3 is 2.70 bits per heavy atom. The summed E-state index contributed by atoms with van der Waals surface area (Å²) in [5, 5.41) is 11.2. The summed E-state index contributed by atoms with van der Waals surface area (Å²) in [7, 11) is 1.34. The smallest absolute Gasteiger partial charge is 0.322 e. The van der Waals surface area contributed by atoms with Crippen LogP contribution in [0.1, 0.15) is 10.4 Å². The summed E-state index contributed by atoms with van der Waals surface area (Å²) in [5.74, 6) is -1.88. The van der Waals surface area contributed by atoms with E-state index in [2.05, 4.69) is 10.3 Å². The molecule has 0 unspecified atom stereocenters. The van der Waals surface area contributed by atoms with Gasteiger partial charge in [0.05, 0.1) is 12.6 Å². The van der Waals surface area contributed by atoms with E-state index >= 15 is 0 Å². The van der Waals surface area contributed by atoms with Gasteiger partial charge in [0.25, 0.3) is 11.5 Å². The summed E-state index contributed by atoms with van der Waals surface area (Å²) in [5.41, 5.74) is -0.347. The normalized spacial score (nSPS) is 10.2. The van der Waals surface area contributed by atoms with Crippen LogP contribution in [0, 0.1) is 0 Å². The quantitative estimate of drug-likeness (QED) is 0.746. The molecule has 0 spiro atoms. The second-order valence-corrected chi connectivity index (χ2v) is 3.98. The van der Waals surface area contributed by atoms with Gasteiger partial charge in [-0.2, -0.15) is 0 Å². The number of nitrogens with one attached hydrogen (secondary N) is 2. The van der Waals surface area contributed by atoms with Crippen LogP contribution in [0.5, 0.6) is 5.75 Å². The third kappa shape index (κ3) is 2.46. The van der Waals surface area contributed by atoms with E-state index in [0.29, 0.717) is 10.9 Å². The Kier molecular flexibility index (Phi) is 3.69. The SMILES string of the molecule is COc1c(C(=O)NCC(=O)O)c(=O)[nH]c2ccccc12. The molecule has 0 bridgehead atoms. The molecule has 104 valence electrons. The number of carbonyl (C=O) groups excluding carboxylic acids is 1. The summed E-state index contributed by atoms with van der Waals surface area (Å²) in [4.78, 5) is 36.9. The fourth-order valence-electron chi connectivity index (χ4n) is 1.88. The third-order valence-corrected chi connectivity index (χ3v) is 2.71. The van der Waals surface area contributed by atoms with Gasteiger partial charge in [0.2, 0.25) is 0 Å². The number of ether oxygens (including phenoxy) is 1. The summed E-state index contributed by atoms with van der Waals surface area (Å²) in [6.45, 7) is -0.575. The standard InChI is InChI=1S/C13H12N2O5/c1-20-11-7-4-2-3-5-8(7)15-13(19)10(11)12(18)14-6-9(16)17/h2-5H,6H2,1H3,(H,14,18)(H,15,19)(H,16,17). The van der Waals surface area contributed by atoms with Crippen LogP contribution in [0.25, 0.3) is 10.9 Å². The topological polar surface area (TPSA) is 108 Å². The maximum atomic E-state index is 12.0. The number of para-hydroxylation sites is 1. The number of amides is 1. The molecule has 1 aromatic carbocycles. The maximum absolute atomic E-state index is 12.0. The van der Waals surface area contributed by atoms with Gasteiger partial charge in [-0.15, -0.1) is 0 Å². The van der Waals surface area contributed by atoms with Crippen LogP contribution in [-0.4, -0.2) is 35.6 Å². The van der Waals surface area contributed by atoms with Gasteiger partial charge >= 0.3 is 5.97 Å². The zero-order valence-corrected chi connectivity index (χ0v) is 10.6. The molecule has 0 aliphatic rings. The van der Waals surface area contributed by atoms with Crippen molar-refractivity contribution in [1.29, 1.82) is 0 Å². The number of aromatic nitrogens is 1. The van der Waals surface area contributed by atoms with Crippen molar-refractivity contribution in [3.05, 3.63) is 40.2 Å². The molecule has 0 radical (unpaired) electrons. The highest BCUT2D eigenvalue weighted by Crippen LogP contribution is 2.25. The minimum absolute atomic E-state index is 0.118. The number of benzene rings is 1. The lowest BCUT2D eigenvalue weighted by molar-refractivity contribution is -0.135. The number of fused-ring (bicyclic) bond motifs is 1. The molecule has 1 amide bonds. The van der Waals surface area contributed by atoms with Crippen molar-refractivity contribution in [3.8, 4) is 5.75 Å². The third-order valence-electron chi connectivity index (χ3n) is 2.71. The van der Waals surface area contributed by atoms with E-state index in [1.54, 1.807) is 24.3 Å². The first kappa shape index (κ1) is 13.6. The van der Waals surface area contributed by atoms with E-state index in [1.165, 1.54) is 7.11 Å². The zero-order chi connectivity index (χ0) is 14.7. The number of carboxylic acids is 1. The molecule has 0 saturated carbocycles. The van der Waals surface area contributed by atoms with Crippen molar-refractivity contribution in [2.75, 3.05) is 13.7 Å². The molecule has 1 heterocycles. The summed E-state index contributed by atoms with van der Waals surface area (Å²) in [6.07, 6.45) is 0. The highest BCUT2D eigenvalue weighted by Gasteiger charge is 2.20. The molecular formula is C13H12N2O5. The minimum atomic E-state index is -1.20. The lowest BCUT2D eigenvalue weighted by Crippen LogP contribution is -2.33. The van der Waals surface area contributed by atoms with Crippen LogP contribution >= 0.6 is 0 Å². The molecule has 7 nitrogen and oxygen atoms in total. The molecule has 2 aromatic rings. The van der Waals surface area contributed by atoms with Crippen molar-refractivity contribution in [2.45, 2.75) is 0 Å². The van der Waals surface area contributed by atoms with Crippen molar-refractivity contribution < 1.29 is 19.4 Å². The van der Waals surface area contributed by atoms with Crippen molar-refractivity contribution >= 4 is 22.8 Å². The average Bonchev–Trinajstić information content (AvgIpc) is 2.43. The number of aliphatic carboxylic acids is 1. The number of carboxylic acid groups (broad SMARTS) is 1. The average molecular weight is 276 g/mol. The van der Waals surface area contributed by atoms with E-state index in [0.717, 1.165) is 0 Å². The fourth-order valence-corrected chi connectivity index (χ4v) is 1.88. The van der Waals surface area contributed by atoms with E-state index < -0.39 is 24.0 Å². The van der Waals surface area contributed by atoms with Crippen LogP contribution in [0.15, 0.2) is 29.1 Å². The first-order valence-corrected chi connectivity index (χ1v) is 5.73. The van der Waals surface area contributed by atoms with Gasteiger partial charge in [0, 0.05) is 5.39 Å². The number of carbonyl (C=O) groups is 2. The largest absolute Gasteiger partial charge is 0.495 e. The number of hydrogen-bond donors (Lipinski definition) is 3. The van der Waals surface area contributed by atoms with Crippen LogP contribution in [-0.2, 0) is 4.79 Å². The number of hydrogen-bond acceptors (Lipinski definition) is 4. The van der Waals surface area contributed by atoms with Crippen LogP contribution in [0.3, 0.4) is 0 Å². The van der Waals surface area contributed by atoms with Gasteiger partial charge in [0.1, 0.15) is 17.9 Å². The summed E-state index contributed by atoms with van der Waals surface area (Å²) >= 11 is 0. The fraction of sp³-hybridized carbons (Fsp3) is 0.154. The highest BCUT2D eigenvalue weighted by molar-refractivity contribution is 6.03. The molecule has 1 aromatic heterocycles. The summed E-state index contributed by atoms with van der Waals surface area (Å²) in [6, 6.07) is 6.85. The Morgan fingerprint density at radius 1 is 1.35 bits per heavy atom. The molecule has 0 fully saturated rings. The second kappa shape index (κ2) is 5.43. The van der Waals surface area contributed by atoms with Crippen molar-refractivity contribution in [2.24, 2.45) is 0 Å². The molecule has 0 saturated heterocycles. The Morgan fingerprint density at radius 2 is 2.05 bits per heavy atom. The number of H-pyrrole nitrogens is 1. The van der Waals surface area contributed by atoms with Crippen LogP contribution < -0.4 is 15.6 Å². The first-order valence-electron chi connectivity index (χ1n) is 5.73. The van der Waals surface area contributed by atoms with Gasteiger partial charge in [-0.05, 0) is 12.1 Å². The number of pyridine rings is 1. The van der Waals surface area contributed by atoms with E-state index in [4.69, 9.17) is 9.84 Å². The Balaban J connectivity index is 2.57. The maximum Gasteiger partial charge on any atom is 0.322 e. The zero-order valence-electron chi connectivity index (χ0n) is 10.6. The molecular weight excluding hydrogens is 264 g/mol. The van der Waals surface area contributed by atoms with Crippen LogP contribution in [0.2, 0.25) is 0 Å². The van der Waals surface area contributed by atoms with Crippen molar-refractivity contribution in [3.63, 3.8) is 0 Å². The predicted molar refractivity (Wildman–Crippen MR) is 71.1 cm³/mol. The van der Waals surface area contributed by atoms with Gasteiger partial charge in [-0.1, -0.05) is 12.1 Å². The monoisotopic (exact) mass is 276 g/mol. The Hall–Kier alpha value is -2.83. The van der Waals surface area contributed by atoms with Crippen molar-refractivity contribution in [1.82, 2.24) is 10.3 Å². The van der Waals surface area contributed by atoms with E-state index in [-0.39, 0.29) is 11.3 Å². The lowest BCUT2D eigenvalue weighted by Gasteiger charge is -2.10. The van der Waals surface area contributed by atoms with E-state index in [9.17, 15) is 14.4 Å². The van der Waals surface area contributed by atoms with Gasteiger partial charge in [-0.25, -0.2) is 0 Å². The summed E-state index contributed by atoms with van der Waals surface area (Å²) < 4.78 is 5.14. The number of methoxy groups -OCH3 is 1. The predicted octanol–water partition coefficient (Wildman–Crippen LogP) is 0.351. The molecule has 20 heavy (non-hydrogen) atoms. The molecule has 0 atom stereocenters. The van der Waals surface area contributed by atoms with Gasteiger partial charge < -0.3 is 20.1 Å². The molecule has 7 heteroatoms. The molecule has 3 N–H and O–H groups in total. The minimum Gasteiger partial charge on any atom is -0.495 e. The number of aromatic amines is 1. The molecule has 0 aliphatic carbocycles. The second-order valence-electron chi connectivity index (χ2n) is 3.98. The highest BCUT2D eigenvalue weighted by atomic mass is 16.5. The van der Waals surface area contributed by atoms with E-state index in [1.807, 2.05) is 0 Å². The van der Waals surface area contributed by atoms with Gasteiger partial charge in [0.15, 0.2) is 0 Å². The Labute approximate surface area is 113 Å². The number of rotatable bonds is 4. The van der Waals surface area contributed by atoms with Crippen LogP contribution in [0.4, 0.5) is 0 Å². The lowest BCUT2D eigenvalue weighted by atomic mass is 10.1. The first-order chi connectivity index (χ1) is 9.54.